The third-order valence-electron chi connectivity index (χ3n) is 4.41. The fourth-order valence-electron chi connectivity index (χ4n) is 2.96. The molecule has 31 heavy (non-hydrogen) atoms. The number of rotatable bonds is 5. The lowest BCUT2D eigenvalue weighted by atomic mass is 10.2. The lowest BCUT2D eigenvalue weighted by Gasteiger charge is -2.13. The fourth-order valence-corrected chi connectivity index (χ4v) is 3.98. The van der Waals surface area contributed by atoms with Crippen LogP contribution in [0.4, 0.5) is 10.1 Å². The number of anilines is 1. The number of fused-ring (bicyclic) bond motifs is 1. The number of thioether (sulfide) groups is 1. The highest BCUT2D eigenvalue weighted by Gasteiger charge is 2.16. The topological polar surface area (TPSA) is 76.9 Å². The lowest BCUT2D eigenvalue weighted by Crippen LogP contribution is -2.23. The molecule has 4 aromatic rings. The molecule has 0 saturated heterocycles. The second-order valence-electron chi connectivity index (χ2n) is 6.70. The van der Waals surface area contributed by atoms with E-state index in [0.29, 0.717) is 27.6 Å². The van der Waals surface area contributed by atoms with Gasteiger partial charge in [-0.15, -0.1) is 0 Å². The van der Waals surface area contributed by atoms with Crippen molar-refractivity contribution in [1.82, 2.24) is 14.5 Å². The summed E-state index contributed by atoms with van der Waals surface area (Å²) in [5, 5.41) is 3.53. The highest BCUT2D eigenvalue weighted by atomic mass is 35.5. The molecule has 2 aromatic heterocycles. The molecular weight excluding hydrogens is 439 g/mol. The quantitative estimate of drug-likeness (QED) is 0.352. The molecule has 4 rings (SSSR count). The number of amides is 1. The van der Waals surface area contributed by atoms with Gasteiger partial charge in [0, 0.05) is 6.20 Å². The number of hydrogen-bond acceptors (Lipinski definition) is 5. The van der Waals surface area contributed by atoms with Gasteiger partial charge in [0.1, 0.15) is 11.6 Å². The molecule has 1 N–H and O–H groups in total. The fraction of sp³-hybridized carbons (Fsp3) is 0.0909. The summed E-state index contributed by atoms with van der Waals surface area (Å²) in [6.45, 7) is 1.90. The number of pyridine rings is 1. The van der Waals surface area contributed by atoms with Gasteiger partial charge in [0.15, 0.2) is 5.16 Å². The number of nitrogens with zero attached hydrogens (tertiary/aromatic N) is 3. The van der Waals surface area contributed by atoms with Crippen molar-refractivity contribution in [2.24, 2.45) is 0 Å². The van der Waals surface area contributed by atoms with E-state index in [9.17, 15) is 14.0 Å². The molecule has 0 aliphatic rings. The molecule has 0 aliphatic carbocycles. The molecule has 0 radical (unpaired) electrons. The first-order valence-electron chi connectivity index (χ1n) is 9.25. The van der Waals surface area contributed by atoms with E-state index in [1.807, 2.05) is 13.0 Å². The molecule has 2 aromatic carbocycles. The van der Waals surface area contributed by atoms with Crippen molar-refractivity contribution in [3.63, 3.8) is 0 Å². The van der Waals surface area contributed by atoms with Gasteiger partial charge in [0.05, 0.1) is 27.4 Å². The molecule has 2 heterocycles. The first-order chi connectivity index (χ1) is 14.9. The Hall–Kier alpha value is -3.23. The van der Waals surface area contributed by atoms with Crippen molar-refractivity contribution in [2.45, 2.75) is 12.1 Å². The van der Waals surface area contributed by atoms with E-state index in [4.69, 9.17) is 11.6 Å². The zero-order valence-corrected chi connectivity index (χ0v) is 17.9. The predicted octanol–water partition coefficient (Wildman–Crippen LogP) is 4.61. The minimum Gasteiger partial charge on any atom is -0.324 e. The Labute approximate surface area is 186 Å². The number of para-hydroxylation sites is 1. The minimum absolute atomic E-state index is 0.0374. The number of carbonyl (C=O) groups is 1. The molecule has 0 aliphatic heterocycles. The Morgan fingerprint density at radius 2 is 2.00 bits per heavy atom. The van der Waals surface area contributed by atoms with Crippen LogP contribution in [0.15, 0.2) is 70.7 Å². The summed E-state index contributed by atoms with van der Waals surface area (Å²) in [6.07, 6.45) is 1.62. The van der Waals surface area contributed by atoms with Gasteiger partial charge in [-0.05, 0) is 55.0 Å². The smallest absolute Gasteiger partial charge is 0.267 e. The van der Waals surface area contributed by atoms with Crippen LogP contribution >= 0.6 is 23.4 Å². The zero-order chi connectivity index (χ0) is 22.0. The van der Waals surface area contributed by atoms with Gasteiger partial charge < -0.3 is 5.32 Å². The molecule has 9 heteroatoms. The zero-order valence-electron chi connectivity index (χ0n) is 16.3. The van der Waals surface area contributed by atoms with Crippen molar-refractivity contribution in [3.8, 4) is 5.82 Å². The Kier molecular flexibility index (Phi) is 6.01. The average Bonchev–Trinajstić information content (AvgIpc) is 2.74. The van der Waals surface area contributed by atoms with E-state index >= 15 is 0 Å². The minimum atomic E-state index is -0.493. The number of aromatic nitrogens is 3. The first-order valence-corrected chi connectivity index (χ1v) is 10.6. The van der Waals surface area contributed by atoms with Gasteiger partial charge in [-0.2, -0.15) is 0 Å². The maximum absolute atomic E-state index is 13.2. The van der Waals surface area contributed by atoms with Gasteiger partial charge in [-0.3, -0.25) is 9.59 Å². The maximum atomic E-state index is 13.2. The van der Waals surface area contributed by atoms with E-state index < -0.39 is 5.82 Å². The summed E-state index contributed by atoms with van der Waals surface area (Å²) in [4.78, 5) is 34.5. The molecule has 0 fully saturated rings. The van der Waals surface area contributed by atoms with Gasteiger partial charge in [0.2, 0.25) is 5.91 Å². The second-order valence-corrected chi connectivity index (χ2v) is 8.05. The highest BCUT2D eigenvalue weighted by molar-refractivity contribution is 7.99. The number of carbonyl (C=O) groups excluding carboxylic acids is 1. The number of halogens is 2. The van der Waals surface area contributed by atoms with Crippen LogP contribution in [0.3, 0.4) is 0 Å². The SMILES string of the molecule is Cc1ccnc(-n2c(SCC(=O)Nc3ccc(F)cc3Cl)nc3ccccc3c2=O)c1. The average molecular weight is 455 g/mol. The molecular formula is C22H16ClFN4O2S. The third-order valence-corrected chi connectivity index (χ3v) is 5.66. The third kappa shape index (κ3) is 4.60. The van der Waals surface area contributed by atoms with Crippen LogP contribution in [-0.4, -0.2) is 26.2 Å². The largest absolute Gasteiger partial charge is 0.324 e. The van der Waals surface area contributed by atoms with Crippen LogP contribution in [0.25, 0.3) is 16.7 Å². The molecule has 1 amide bonds. The summed E-state index contributed by atoms with van der Waals surface area (Å²) < 4.78 is 14.6. The number of nitrogens with one attached hydrogen (secondary N) is 1. The van der Waals surface area contributed by atoms with Crippen molar-refractivity contribution < 1.29 is 9.18 Å². The first kappa shape index (κ1) is 21.0. The van der Waals surface area contributed by atoms with E-state index in [1.54, 1.807) is 36.5 Å². The maximum Gasteiger partial charge on any atom is 0.267 e. The second kappa shape index (κ2) is 8.87. The van der Waals surface area contributed by atoms with Crippen LogP contribution < -0.4 is 10.9 Å². The number of benzene rings is 2. The standard InChI is InChI=1S/C22H16ClFN4O2S/c1-13-8-9-25-19(10-13)28-21(30)15-4-2-3-5-17(15)27-22(28)31-12-20(29)26-18-7-6-14(24)11-16(18)23/h2-11H,12H2,1H3,(H,26,29). The molecule has 156 valence electrons. The molecule has 0 saturated carbocycles. The Morgan fingerprint density at radius 1 is 1.19 bits per heavy atom. The van der Waals surface area contributed by atoms with E-state index in [0.717, 1.165) is 23.4 Å². The molecule has 6 nitrogen and oxygen atoms in total. The van der Waals surface area contributed by atoms with Gasteiger partial charge in [-0.1, -0.05) is 35.5 Å². The van der Waals surface area contributed by atoms with Gasteiger partial charge >= 0.3 is 0 Å². The van der Waals surface area contributed by atoms with E-state index in [1.165, 1.54) is 16.7 Å². The molecule has 0 bridgehead atoms. The Bertz CT molecular complexity index is 1360. The number of aryl methyl sites for hydroxylation is 1. The summed E-state index contributed by atoms with van der Waals surface area (Å²) in [5.74, 6) is -0.477. The summed E-state index contributed by atoms with van der Waals surface area (Å²) in [6, 6.07) is 14.3. The van der Waals surface area contributed by atoms with Crippen LogP contribution in [0.1, 0.15) is 5.56 Å². The van der Waals surface area contributed by atoms with Gasteiger partial charge in [-0.25, -0.2) is 18.9 Å². The van der Waals surface area contributed by atoms with Crippen molar-refractivity contribution in [3.05, 3.63) is 87.6 Å². The molecule has 0 unspecified atom stereocenters. The highest BCUT2D eigenvalue weighted by Crippen LogP contribution is 2.24. The van der Waals surface area contributed by atoms with E-state index in [2.05, 4.69) is 15.3 Å². The van der Waals surface area contributed by atoms with Crippen molar-refractivity contribution in [1.29, 1.82) is 0 Å². The Morgan fingerprint density at radius 3 is 2.77 bits per heavy atom. The van der Waals surface area contributed by atoms with Crippen LogP contribution in [0, 0.1) is 12.7 Å². The monoisotopic (exact) mass is 454 g/mol. The summed E-state index contributed by atoms with van der Waals surface area (Å²) in [7, 11) is 0. The normalized spacial score (nSPS) is 10.9. The number of hydrogen-bond donors (Lipinski definition) is 1. The van der Waals surface area contributed by atoms with Crippen LogP contribution in [0.2, 0.25) is 5.02 Å². The van der Waals surface area contributed by atoms with E-state index in [-0.39, 0.29) is 22.2 Å². The molecule has 0 spiro atoms. The predicted molar refractivity (Wildman–Crippen MR) is 121 cm³/mol. The molecule has 0 atom stereocenters. The van der Waals surface area contributed by atoms with Crippen molar-refractivity contribution in [2.75, 3.05) is 11.1 Å². The summed E-state index contributed by atoms with van der Waals surface area (Å²) >= 11 is 7.07. The van der Waals surface area contributed by atoms with Gasteiger partial charge in [0.25, 0.3) is 5.56 Å². The van der Waals surface area contributed by atoms with Crippen LogP contribution in [-0.2, 0) is 4.79 Å². The van der Waals surface area contributed by atoms with Crippen molar-refractivity contribution >= 4 is 45.9 Å². The Balaban J connectivity index is 1.67. The lowest BCUT2D eigenvalue weighted by molar-refractivity contribution is -0.113. The summed E-state index contributed by atoms with van der Waals surface area (Å²) in [5.41, 5.74) is 1.50. The van der Waals surface area contributed by atoms with Crippen LogP contribution in [0.5, 0.6) is 0 Å².